The number of rotatable bonds is 5. The molecular weight excluding hydrogens is 430 g/mol. The van der Waals surface area contributed by atoms with Gasteiger partial charge in [-0.3, -0.25) is 9.59 Å². The zero-order chi connectivity index (χ0) is 20.4. The van der Waals surface area contributed by atoms with Crippen LogP contribution in [0, 0.1) is 0 Å². The maximum atomic E-state index is 12.7. The molecule has 0 spiro atoms. The van der Waals surface area contributed by atoms with Crippen molar-refractivity contribution in [3.05, 3.63) is 44.3 Å². The fourth-order valence-electron chi connectivity index (χ4n) is 2.59. The summed E-state index contributed by atoms with van der Waals surface area (Å²) in [6.07, 6.45) is 3.41. The normalized spacial score (nSPS) is 13.5. The van der Waals surface area contributed by atoms with Crippen molar-refractivity contribution in [2.24, 2.45) is 17.8 Å². The molecule has 0 fully saturated rings. The summed E-state index contributed by atoms with van der Waals surface area (Å²) in [4.78, 5) is 29.6. The third-order valence-electron chi connectivity index (χ3n) is 3.69. The first-order valence-electron chi connectivity index (χ1n) is 8.45. The van der Waals surface area contributed by atoms with Gasteiger partial charge >= 0.3 is 5.97 Å². The van der Waals surface area contributed by atoms with Gasteiger partial charge < -0.3 is 15.0 Å². The zero-order valence-electron chi connectivity index (χ0n) is 16.1. The van der Waals surface area contributed by atoms with Crippen LogP contribution in [0.4, 0.5) is 0 Å². The van der Waals surface area contributed by atoms with E-state index in [0.29, 0.717) is 5.56 Å². The van der Waals surface area contributed by atoms with Crippen molar-refractivity contribution in [1.29, 1.82) is 0 Å². The van der Waals surface area contributed by atoms with E-state index < -0.39 is 17.5 Å². The van der Waals surface area contributed by atoms with Crippen LogP contribution in [0.25, 0.3) is 0 Å². The van der Waals surface area contributed by atoms with E-state index in [0.717, 1.165) is 14.9 Å². The molecule has 27 heavy (non-hydrogen) atoms. The smallest absolute Gasteiger partial charge is 0.313 e. The molecule has 0 aromatic carbocycles. The van der Waals surface area contributed by atoms with Crippen LogP contribution in [0.2, 0.25) is 0 Å². The van der Waals surface area contributed by atoms with Crippen LogP contribution in [-0.4, -0.2) is 27.9 Å². The lowest BCUT2D eigenvalue weighted by Crippen LogP contribution is -2.27. The molecule has 0 saturated carbocycles. The number of halogens is 1. The van der Waals surface area contributed by atoms with E-state index in [1.54, 1.807) is 38.3 Å². The summed E-state index contributed by atoms with van der Waals surface area (Å²) in [5.41, 5.74) is 6.52. The lowest BCUT2D eigenvalue weighted by Gasteiger charge is -2.19. The second kappa shape index (κ2) is 8.39. The Morgan fingerprint density at radius 2 is 2.04 bits per heavy atom. The Hall–Kier alpha value is -1.93. The summed E-state index contributed by atoms with van der Waals surface area (Å²) in [6, 6.07) is 2.04. The van der Waals surface area contributed by atoms with E-state index in [2.05, 4.69) is 20.9 Å². The number of aryl methyl sites for hydroxylation is 1. The molecule has 0 aliphatic heterocycles. The van der Waals surface area contributed by atoms with Crippen LogP contribution >= 0.6 is 27.3 Å². The van der Waals surface area contributed by atoms with Gasteiger partial charge in [-0.1, -0.05) is 6.92 Å². The molecule has 2 aromatic heterocycles. The van der Waals surface area contributed by atoms with Gasteiger partial charge in [-0.05, 0) is 48.3 Å². The fourth-order valence-corrected chi connectivity index (χ4v) is 4.11. The van der Waals surface area contributed by atoms with Crippen molar-refractivity contribution < 1.29 is 14.3 Å². The van der Waals surface area contributed by atoms with Crippen LogP contribution < -0.4 is 5.73 Å². The molecule has 6 nitrogen and oxygen atoms in total. The van der Waals surface area contributed by atoms with Gasteiger partial charge in [0, 0.05) is 40.1 Å². The number of aromatic nitrogens is 1. The molecular formula is C19H24BrN3O3S. The highest BCUT2D eigenvalue weighted by Crippen LogP contribution is 2.33. The highest BCUT2D eigenvalue weighted by molar-refractivity contribution is 9.10. The molecule has 0 saturated heterocycles. The first-order valence-corrected chi connectivity index (χ1v) is 10.1. The number of amides is 1. The lowest BCUT2D eigenvalue weighted by atomic mass is 9.98. The van der Waals surface area contributed by atoms with Crippen LogP contribution in [0.5, 0.6) is 0 Å². The van der Waals surface area contributed by atoms with Gasteiger partial charge in [0.25, 0.3) is 5.91 Å². The summed E-state index contributed by atoms with van der Waals surface area (Å²) < 4.78 is 8.04. The quantitative estimate of drug-likeness (QED) is 0.416. The van der Waals surface area contributed by atoms with E-state index in [-0.39, 0.29) is 18.2 Å². The number of hydrogen-bond acceptors (Lipinski definition) is 4. The molecule has 1 atom stereocenters. The minimum absolute atomic E-state index is 0.0312. The molecule has 0 aliphatic rings. The number of nitrogens with zero attached hydrogens (tertiary/aromatic N) is 2. The van der Waals surface area contributed by atoms with Crippen LogP contribution in [0.1, 0.15) is 60.8 Å². The van der Waals surface area contributed by atoms with Crippen molar-refractivity contribution in [3.8, 4) is 0 Å². The lowest BCUT2D eigenvalue weighted by molar-refractivity contribution is -0.153. The molecule has 0 aliphatic carbocycles. The van der Waals surface area contributed by atoms with Gasteiger partial charge in [0.2, 0.25) is 0 Å². The van der Waals surface area contributed by atoms with Crippen molar-refractivity contribution in [3.63, 3.8) is 0 Å². The van der Waals surface area contributed by atoms with Gasteiger partial charge in [0.15, 0.2) is 0 Å². The Kier molecular flexibility index (Phi) is 6.64. The van der Waals surface area contributed by atoms with Crippen LogP contribution in [-0.2, 0) is 16.6 Å². The molecule has 1 unspecified atom stereocenters. The molecule has 2 heterocycles. The topological polar surface area (TPSA) is 86.7 Å². The number of hydrogen-bond donors (Lipinski definition) is 1. The van der Waals surface area contributed by atoms with Gasteiger partial charge in [-0.2, -0.15) is 4.99 Å². The number of carbonyl (C=O) groups excluding carboxylic acids is 2. The Morgan fingerprint density at radius 3 is 2.59 bits per heavy atom. The Labute approximate surface area is 171 Å². The number of esters is 1. The van der Waals surface area contributed by atoms with Gasteiger partial charge in [-0.25, -0.2) is 0 Å². The number of amidine groups is 1. The first-order chi connectivity index (χ1) is 12.5. The third-order valence-corrected chi connectivity index (χ3v) is 5.56. The highest BCUT2D eigenvalue weighted by atomic mass is 79.9. The number of thiophene rings is 1. The second-order valence-electron chi connectivity index (χ2n) is 7.35. The molecule has 146 valence electrons. The van der Waals surface area contributed by atoms with Crippen molar-refractivity contribution in [2.45, 2.75) is 45.6 Å². The second-order valence-corrected chi connectivity index (χ2v) is 9.21. The Balaban J connectivity index is 2.20. The monoisotopic (exact) mass is 453 g/mol. The number of ether oxygens (including phenoxy) is 1. The first kappa shape index (κ1) is 21.4. The molecule has 1 amide bonds. The number of nitrogens with two attached hydrogens (primary N) is 1. The Bertz CT molecular complexity index is 877. The maximum Gasteiger partial charge on any atom is 0.313 e. The summed E-state index contributed by atoms with van der Waals surface area (Å²) in [6.45, 7) is 7.34. The predicted octanol–water partition coefficient (Wildman–Crippen LogP) is 4.23. The van der Waals surface area contributed by atoms with E-state index in [1.165, 1.54) is 0 Å². The van der Waals surface area contributed by atoms with E-state index in [1.807, 2.05) is 36.2 Å². The van der Waals surface area contributed by atoms with Crippen molar-refractivity contribution >= 4 is 45.0 Å². The minimum atomic E-state index is -0.613. The summed E-state index contributed by atoms with van der Waals surface area (Å²) >= 11 is 5.08. The van der Waals surface area contributed by atoms with Crippen LogP contribution in [0.3, 0.4) is 0 Å². The van der Waals surface area contributed by atoms with Gasteiger partial charge in [-0.15, -0.1) is 11.3 Å². The Morgan fingerprint density at radius 1 is 1.37 bits per heavy atom. The fraction of sp³-hybridized carbons (Fsp3) is 0.421. The molecule has 8 heteroatoms. The molecule has 0 bridgehead atoms. The maximum absolute atomic E-state index is 12.7. The zero-order valence-corrected chi connectivity index (χ0v) is 18.5. The van der Waals surface area contributed by atoms with Crippen LogP contribution in [0.15, 0.2) is 33.3 Å². The summed E-state index contributed by atoms with van der Waals surface area (Å²) in [5, 5.41) is 2.01. The standard InChI is InChI=1S/C19H24BrN3O3S/c1-11(15-6-12(20)10-27-15)13-8-23(5)9-14(13)18(25)22-16(21)7-17(24)26-19(2,3)4/h6,8-11H,7H2,1-5H3,(H2,21,22,25). The molecule has 2 rings (SSSR count). The number of aliphatic imine (C=N–C) groups is 1. The van der Waals surface area contributed by atoms with Gasteiger partial charge in [0.05, 0.1) is 5.56 Å². The molecule has 2 N–H and O–H groups in total. The minimum Gasteiger partial charge on any atom is -0.460 e. The average molecular weight is 454 g/mol. The largest absolute Gasteiger partial charge is 0.460 e. The van der Waals surface area contributed by atoms with Crippen molar-refractivity contribution in [2.75, 3.05) is 0 Å². The van der Waals surface area contributed by atoms with E-state index in [9.17, 15) is 9.59 Å². The number of carbonyl (C=O) groups is 2. The van der Waals surface area contributed by atoms with Crippen molar-refractivity contribution in [1.82, 2.24) is 4.57 Å². The molecule has 0 radical (unpaired) electrons. The molecule has 2 aromatic rings. The predicted molar refractivity (Wildman–Crippen MR) is 111 cm³/mol. The SMILES string of the molecule is CC(c1cc(Br)cs1)c1cn(C)cc1C(=O)N=C(N)CC(=O)OC(C)(C)C. The average Bonchev–Trinajstić information content (AvgIpc) is 3.10. The van der Waals surface area contributed by atoms with E-state index >= 15 is 0 Å². The highest BCUT2D eigenvalue weighted by Gasteiger charge is 2.22. The van der Waals surface area contributed by atoms with Gasteiger partial charge in [0.1, 0.15) is 17.9 Å². The summed E-state index contributed by atoms with van der Waals surface area (Å²) in [5.74, 6) is -1.00. The van der Waals surface area contributed by atoms with E-state index in [4.69, 9.17) is 10.5 Å². The summed E-state index contributed by atoms with van der Waals surface area (Å²) in [7, 11) is 1.85. The third kappa shape index (κ3) is 6.04.